The van der Waals surface area contributed by atoms with Gasteiger partial charge in [-0.05, 0) is 25.1 Å². The number of thiazole rings is 1. The van der Waals surface area contributed by atoms with E-state index in [9.17, 15) is 14.9 Å². The van der Waals surface area contributed by atoms with Crippen LogP contribution in [0.3, 0.4) is 0 Å². The average Bonchev–Trinajstić information content (AvgIpc) is 3.24. The van der Waals surface area contributed by atoms with Crippen molar-refractivity contribution in [2.24, 2.45) is 0 Å². The van der Waals surface area contributed by atoms with Crippen LogP contribution < -0.4 is 5.32 Å². The molecule has 0 aliphatic heterocycles. The zero-order valence-corrected chi connectivity index (χ0v) is 15.1. The second kappa shape index (κ2) is 6.65. The minimum absolute atomic E-state index is 0.0715. The van der Waals surface area contributed by atoms with Crippen LogP contribution in [0.25, 0.3) is 16.2 Å². The second-order valence-electron chi connectivity index (χ2n) is 6.01. The first-order valence-corrected chi connectivity index (χ1v) is 8.98. The van der Waals surface area contributed by atoms with Gasteiger partial charge >= 0.3 is 0 Å². The summed E-state index contributed by atoms with van der Waals surface area (Å²) in [6.07, 6.45) is 3.90. The van der Waals surface area contributed by atoms with Crippen LogP contribution in [0.1, 0.15) is 15.9 Å². The standard InChI is InChI=1S/C19H14N4O3S/c1-12-2-3-14(10-17(12)23(25)26)18(24)20-15-6-4-13(5-7-15)16-11-22-8-9-27-19(22)21-16/h2-11H,1H3,(H,20,24). The lowest BCUT2D eigenvalue weighted by Crippen LogP contribution is -2.12. The summed E-state index contributed by atoms with van der Waals surface area (Å²) in [5.74, 6) is -0.395. The lowest BCUT2D eigenvalue weighted by molar-refractivity contribution is -0.385. The largest absolute Gasteiger partial charge is 0.322 e. The van der Waals surface area contributed by atoms with Crippen molar-refractivity contribution >= 4 is 33.6 Å². The maximum Gasteiger partial charge on any atom is 0.273 e. The van der Waals surface area contributed by atoms with Crippen molar-refractivity contribution in [2.45, 2.75) is 6.92 Å². The normalized spacial score (nSPS) is 10.9. The zero-order valence-electron chi connectivity index (χ0n) is 14.2. The predicted octanol–water partition coefficient (Wildman–Crippen LogP) is 4.53. The lowest BCUT2D eigenvalue weighted by atomic mass is 10.1. The number of benzene rings is 2. The average molecular weight is 378 g/mol. The summed E-state index contributed by atoms with van der Waals surface area (Å²) in [6, 6.07) is 11.7. The van der Waals surface area contributed by atoms with E-state index in [1.54, 1.807) is 42.5 Å². The van der Waals surface area contributed by atoms with Gasteiger partial charge in [-0.2, -0.15) is 0 Å². The first-order chi connectivity index (χ1) is 13.0. The summed E-state index contributed by atoms with van der Waals surface area (Å²) in [4.78, 5) is 28.4. The van der Waals surface area contributed by atoms with E-state index in [-0.39, 0.29) is 11.3 Å². The molecule has 27 heavy (non-hydrogen) atoms. The van der Waals surface area contributed by atoms with E-state index >= 15 is 0 Å². The van der Waals surface area contributed by atoms with Gasteiger partial charge in [0, 0.05) is 46.2 Å². The summed E-state index contributed by atoms with van der Waals surface area (Å²) in [6.45, 7) is 1.64. The van der Waals surface area contributed by atoms with Crippen molar-refractivity contribution < 1.29 is 9.72 Å². The SMILES string of the molecule is Cc1ccc(C(=O)Nc2ccc(-c3cn4ccsc4n3)cc2)cc1[N+](=O)[O-]. The molecule has 0 saturated heterocycles. The Morgan fingerprint density at radius 1 is 1.22 bits per heavy atom. The Kier molecular flexibility index (Phi) is 4.17. The fourth-order valence-electron chi connectivity index (χ4n) is 2.74. The first kappa shape index (κ1) is 16.9. The Hall–Kier alpha value is -3.52. The van der Waals surface area contributed by atoms with Crippen LogP contribution in [-0.2, 0) is 0 Å². The van der Waals surface area contributed by atoms with Gasteiger partial charge < -0.3 is 5.32 Å². The number of imidazole rings is 1. The summed E-state index contributed by atoms with van der Waals surface area (Å²) in [5.41, 5.74) is 3.08. The van der Waals surface area contributed by atoms with Crippen molar-refractivity contribution in [1.82, 2.24) is 9.38 Å². The molecule has 7 nitrogen and oxygen atoms in total. The summed E-state index contributed by atoms with van der Waals surface area (Å²) < 4.78 is 1.96. The molecule has 0 bridgehead atoms. The van der Waals surface area contributed by atoms with Crippen molar-refractivity contribution in [2.75, 3.05) is 5.32 Å². The Labute approximate surface area is 158 Å². The van der Waals surface area contributed by atoms with Gasteiger partial charge in [-0.3, -0.25) is 19.3 Å². The zero-order chi connectivity index (χ0) is 19.0. The van der Waals surface area contributed by atoms with Gasteiger partial charge in [0.1, 0.15) is 0 Å². The van der Waals surface area contributed by atoms with Crippen molar-refractivity contribution in [3.05, 3.63) is 81.5 Å². The number of hydrogen-bond acceptors (Lipinski definition) is 5. The number of rotatable bonds is 4. The number of nitrogens with one attached hydrogen (secondary N) is 1. The molecule has 1 amide bonds. The van der Waals surface area contributed by atoms with E-state index in [1.165, 1.54) is 6.07 Å². The molecule has 0 radical (unpaired) electrons. The van der Waals surface area contributed by atoms with E-state index in [0.29, 0.717) is 11.3 Å². The molecule has 0 unspecified atom stereocenters. The predicted molar refractivity (Wildman–Crippen MR) is 104 cm³/mol. The number of nitrogens with zero attached hydrogens (tertiary/aromatic N) is 3. The fourth-order valence-corrected chi connectivity index (χ4v) is 3.44. The molecular weight excluding hydrogens is 364 g/mol. The molecule has 134 valence electrons. The number of hydrogen-bond donors (Lipinski definition) is 1. The number of carbonyl (C=O) groups excluding carboxylic acids is 1. The number of nitro groups is 1. The Balaban J connectivity index is 1.53. The molecule has 0 fully saturated rings. The number of nitro benzene ring substituents is 1. The minimum Gasteiger partial charge on any atom is -0.322 e. The van der Waals surface area contributed by atoms with Crippen LogP contribution >= 0.6 is 11.3 Å². The Morgan fingerprint density at radius 3 is 2.70 bits per heavy atom. The van der Waals surface area contributed by atoms with E-state index in [1.807, 2.05) is 34.3 Å². The van der Waals surface area contributed by atoms with Gasteiger partial charge in [0.25, 0.3) is 11.6 Å². The molecule has 8 heteroatoms. The molecule has 1 N–H and O–H groups in total. The second-order valence-corrected chi connectivity index (χ2v) is 6.88. The molecule has 0 atom stereocenters. The highest BCUT2D eigenvalue weighted by Crippen LogP contribution is 2.24. The van der Waals surface area contributed by atoms with Gasteiger partial charge in [0.05, 0.1) is 10.6 Å². The molecule has 2 aromatic carbocycles. The highest BCUT2D eigenvalue weighted by Gasteiger charge is 2.15. The van der Waals surface area contributed by atoms with Crippen LogP contribution in [0.5, 0.6) is 0 Å². The quantitative estimate of drug-likeness (QED) is 0.417. The molecule has 2 aromatic heterocycles. The van der Waals surface area contributed by atoms with Crippen LogP contribution in [0.15, 0.2) is 60.2 Å². The molecule has 0 spiro atoms. The molecule has 0 aliphatic rings. The molecular formula is C19H14N4O3S. The third-order valence-corrected chi connectivity index (χ3v) is 4.97. The van der Waals surface area contributed by atoms with E-state index in [2.05, 4.69) is 10.3 Å². The third-order valence-electron chi connectivity index (χ3n) is 4.20. The van der Waals surface area contributed by atoms with Crippen molar-refractivity contribution in [3.63, 3.8) is 0 Å². The van der Waals surface area contributed by atoms with E-state index in [4.69, 9.17) is 0 Å². The highest BCUT2D eigenvalue weighted by molar-refractivity contribution is 7.15. The third kappa shape index (κ3) is 3.30. The van der Waals surface area contributed by atoms with Gasteiger partial charge in [-0.15, -0.1) is 11.3 Å². The first-order valence-electron chi connectivity index (χ1n) is 8.10. The Bertz CT molecular complexity index is 1130. The molecule has 0 aliphatic carbocycles. The number of anilines is 1. The maximum atomic E-state index is 12.4. The molecule has 2 heterocycles. The topological polar surface area (TPSA) is 89.5 Å². The van der Waals surface area contributed by atoms with Crippen LogP contribution in [-0.4, -0.2) is 20.2 Å². The van der Waals surface area contributed by atoms with Gasteiger partial charge in [-0.1, -0.05) is 18.2 Å². The number of aromatic nitrogens is 2. The Morgan fingerprint density at radius 2 is 2.00 bits per heavy atom. The summed E-state index contributed by atoms with van der Waals surface area (Å²) in [5, 5.41) is 15.8. The molecule has 4 rings (SSSR count). The number of carbonyl (C=O) groups is 1. The van der Waals surface area contributed by atoms with Crippen molar-refractivity contribution in [3.8, 4) is 11.3 Å². The monoisotopic (exact) mass is 378 g/mol. The van der Waals surface area contributed by atoms with E-state index < -0.39 is 10.8 Å². The highest BCUT2D eigenvalue weighted by atomic mass is 32.1. The number of fused-ring (bicyclic) bond motifs is 1. The summed E-state index contributed by atoms with van der Waals surface area (Å²) >= 11 is 1.56. The van der Waals surface area contributed by atoms with Crippen LogP contribution in [0.2, 0.25) is 0 Å². The van der Waals surface area contributed by atoms with Gasteiger partial charge in [-0.25, -0.2) is 4.98 Å². The van der Waals surface area contributed by atoms with Gasteiger partial charge in [0.15, 0.2) is 4.96 Å². The smallest absolute Gasteiger partial charge is 0.273 e. The maximum absolute atomic E-state index is 12.4. The van der Waals surface area contributed by atoms with Crippen LogP contribution in [0.4, 0.5) is 11.4 Å². The van der Waals surface area contributed by atoms with Crippen LogP contribution in [0, 0.1) is 17.0 Å². The van der Waals surface area contributed by atoms with Gasteiger partial charge in [0.2, 0.25) is 0 Å². The fraction of sp³-hybridized carbons (Fsp3) is 0.0526. The minimum atomic E-state index is -0.489. The number of aryl methyl sites for hydroxylation is 1. The number of amides is 1. The molecule has 4 aromatic rings. The van der Waals surface area contributed by atoms with Crippen molar-refractivity contribution in [1.29, 1.82) is 0 Å². The summed E-state index contributed by atoms with van der Waals surface area (Å²) in [7, 11) is 0. The lowest BCUT2D eigenvalue weighted by Gasteiger charge is -2.07. The van der Waals surface area contributed by atoms with E-state index in [0.717, 1.165) is 16.2 Å². The molecule has 0 saturated carbocycles.